The normalized spacial score (nSPS) is 50.6. The second kappa shape index (κ2) is 4.82. The lowest BCUT2D eigenvalue weighted by Crippen LogP contribution is -2.69. The number of esters is 1. The van der Waals surface area contributed by atoms with Crippen LogP contribution in [0.5, 0.6) is 0 Å². The molecule has 0 spiro atoms. The van der Waals surface area contributed by atoms with Gasteiger partial charge in [-0.1, -0.05) is 26.7 Å². The van der Waals surface area contributed by atoms with E-state index in [0.29, 0.717) is 12.8 Å². The van der Waals surface area contributed by atoms with Crippen molar-refractivity contribution in [3.63, 3.8) is 0 Å². The molecule has 6 heteroatoms. The van der Waals surface area contributed by atoms with Gasteiger partial charge in [-0.25, -0.2) is 4.79 Å². The van der Waals surface area contributed by atoms with Gasteiger partial charge < -0.3 is 19.7 Å². The van der Waals surface area contributed by atoms with Crippen LogP contribution in [0.4, 0.5) is 0 Å². The number of ether oxygens (including phenoxy) is 2. The molecule has 0 aromatic heterocycles. The third kappa shape index (κ3) is 1.68. The van der Waals surface area contributed by atoms with Crippen LogP contribution in [0.25, 0.3) is 0 Å². The molecule has 4 aliphatic rings. The van der Waals surface area contributed by atoms with E-state index in [1.807, 2.05) is 13.8 Å². The Morgan fingerprint density at radius 1 is 1.17 bits per heavy atom. The summed E-state index contributed by atoms with van der Waals surface area (Å²) in [5.41, 5.74) is -2.34. The smallest absolute Gasteiger partial charge is 0.346 e. The zero-order valence-corrected chi connectivity index (χ0v) is 14.2. The van der Waals surface area contributed by atoms with Crippen molar-refractivity contribution in [2.24, 2.45) is 17.3 Å². The van der Waals surface area contributed by atoms with Crippen molar-refractivity contribution in [2.75, 3.05) is 0 Å². The van der Waals surface area contributed by atoms with Crippen molar-refractivity contribution >= 4 is 11.8 Å². The first-order valence-corrected chi connectivity index (χ1v) is 8.80. The number of hydrogen-bond acceptors (Lipinski definition) is 6. The Labute approximate surface area is 140 Å². The number of fused-ring (bicyclic) bond motifs is 4. The summed E-state index contributed by atoms with van der Waals surface area (Å²) >= 11 is 0. The number of aliphatic hydroxyl groups is 2. The number of Topliss-reactive ketones (excluding diaryl/α,β-unsaturated/α-hetero) is 1. The molecule has 2 saturated carbocycles. The molecule has 6 nitrogen and oxygen atoms in total. The maximum atomic E-state index is 13.4. The molecule has 0 saturated heterocycles. The highest BCUT2D eigenvalue weighted by molar-refractivity contribution is 6.21. The van der Waals surface area contributed by atoms with Gasteiger partial charge in [0.15, 0.2) is 17.6 Å². The molecule has 0 aromatic rings. The van der Waals surface area contributed by atoms with Crippen molar-refractivity contribution in [2.45, 2.75) is 70.4 Å². The molecule has 2 N–H and O–H groups in total. The summed E-state index contributed by atoms with van der Waals surface area (Å²) in [6.45, 7) is 5.34. The van der Waals surface area contributed by atoms with Crippen molar-refractivity contribution in [1.82, 2.24) is 0 Å². The van der Waals surface area contributed by atoms with Gasteiger partial charge in [-0.3, -0.25) is 4.79 Å². The maximum absolute atomic E-state index is 13.4. The monoisotopic (exact) mass is 336 g/mol. The fourth-order valence-corrected chi connectivity index (χ4v) is 5.45. The van der Waals surface area contributed by atoms with Gasteiger partial charge in [-0.15, -0.1) is 0 Å². The number of cyclic esters (lactones) is 1. The number of carbonyl (C=O) groups excluding carboxylic acids is 2. The molecular weight excluding hydrogens is 312 g/mol. The van der Waals surface area contributed by atoms with Crippen LogP contribution in [-0.4, -0.2) is 45.9 Å². The molecule has 2 fully saturated rings. The lowest BCUT2D eigenvalue weighted by Gasteiger charge is -2.59. The molecule has 2 aliphatic carbocycles. The van der Waals surface area contributed by atoms with Gasteiger partial charge in [-0.05, 0) is 19.8 Å². The fraction of sp³-hybridized carbons (Fsp3) is 0.778. The first-order valence-electron chi connectivity index (χ1n) is 8.80. The lowest BCUT2D eigenvalue weighted by molar-refractivity contribution is -0.249. The van der Waals surface area contributed by atoms with Gasteiger partial charge in [0.25, 0.3) is 0 Å². The summed E-state index contributed by atoms with van der Waals surface area (Å²) in [4.78, 5) is 25.6. The maximum Gasteiger partial charge on any atom is 0.346 e. The molecule has 0 amide bonds. The third-order valence-electron chi connectivity index (χ3n) is 6.99. The summed E-state index contributed by atoms with van der Waals surface area (Å²) in [7, 11) is 0. The third-order valence-corrected chi connectivity index (χ3v) is 6.99. The van der Waals surface area contributed by atoms with E-state index in [1.165, 1.54) is 0 Å². The van der Waals surface area contributed by atoms with Gasteiger partial charge >= 0.3 is 5.97 Å². The van der Waals surface area contributed by atoms with Crippen LogP contribution in [0.3, 0.4) is 0 Å². The second-order valence-electron chi connectivity index (χ2n) is 8.00. The zero-order chi connectivity index (χ0) is 17.4. The van der Waals surface area contributed by atoms with Crippen LogP contribution < -0.4 is 0 Å². The van der Waals surface area contributed by atoms with Crippen molar-refractivity contribution in [1.29, 1.82) is 0 Å². The topological polar surface area (TPSA) is 93.1 Å². The highest BCUT2D eigenvalue weighted by atomic mass is 16.6. The molecule has 0 aromatic carbocycles. The average Bonchev–Trinajstić information content (AvgIpc) is 2.78. The summed E-state index contributed by atoms with van der Waals surface area (Å²) < 4.78 is 11.1. The van der Waals surface area contributed by atoms with Gasteiger partial charge in [0.2, 0.25) is 0 Å². The Bertz CT molecular complexity index is 654. The summed E-state index contributed by atoms with van der Waals surface area (Å²) in [6, 6.07) is 0. The van der Waals surface area contributed by atoms with Gasteiger partial charge in [0.1, 0.15) is 17.8 Å². The number of rotatable bonds is 0. The molecule has 0 radical (unpaired) electrons. The van der Waals surface area contributed by atoms with Gasteiger partial charge in [0.05, 0.1) is 5.60 Å². The van der Waals surface area contributed by atoms with Crippen LogP contribution in [0.2, 0.25) is 0 Å². The van der Waals surface area contributed by atoms with E-state index < -0.39 is 41.2 Å². The van der Waals surface area contributed by atoms with E-state index in [1.54, 1.807) is 6.92 Å². The SMILES string of the molecule is CC1OC(=O)C2=C1O[C@H]1[C@@H](C)[C@@](C)(C2=O)C2CCCC[C@@]2(O)[C@@H]1O. The minimum absolute atomic E-state index is 0.0265. The summed E-state index contributed by atoms with van der Waals surface area (Å²) in [5, 5.41) is 22.2. The highest BCUT2D eigenvalue weighted by Crippen LogP contribution is 2.59. The molecule has 132 valence electrons. The number of carbonyl (C=O) groups is 2. The predicted octanol–water partition coefficient (Wildman–Crippen LogP) is 1.09. The summed E-state index contributed by atoms with van der Waals surface area (Å²) in [5.74, 6) is -1.45. The van der Waals surface area contributed by atoms with Crippen molar-refractivity contribution < 1.29 is 29.3 Å². The van der Waals surface area contributed by atoms with Crippen LogP contribution >= 0.6 is 0 Å². The largest absolute Gasteiger partial charge is 0.487 e. The Kier molecular flexibility index (Phi) is 3.23. The Balaban J connectivity index is 1.92. The molecule has 2 heterocycles. The van der Waals surface area contributed by atoms with Crippen LogP contribution in [0.15, 0.2) is 11.3 Å². The van der Waals surface area contributed by atoms with E-state index in [9.17, 15) is 19.8 Å². The quantitative estimate of drug-likeness (QED) is 0.508. The molecule has 7 atom stereocenters. The Morgan fingerprint density at radius 3 is 2.58 bits per heavy atom. The molecule has 2 bridgehead atoms. The van der Waals surface area contributed by atoms with Crippen LogP contribution in [0.1, 0.15) is 46.5 Å². The molecule has 2 aliphatic heterocycles. The van der Waals surface area contributed by atoms with Gasteiger partial charge in [0, 0.05) is 17.3 Å². The first-order chi connectivity index (χ1) is 11.2. The van der Waals surface area contributed by atoms with E-state index >= 15 is 0 Å². The van der Waals surface area contributed by atoms with Crippen molar-refractivity contribution in [3.05, 3.63) is 11.3 Å². The Hall–Kier alpha value is -1.40. The standard InChI is InChI=1S/C18H24O6/c1-8-12-15(20)18(22)7-5-4-6-10(18)17(8,3)14(19)11-13(24-12)9(2)23-16(11)21/h8-10,12,15,20,22H,4-7H2,1-3H3/t8-,9?,10?,12+,15-,17-,18+/m1/s1. The number of hydrogen-bond donors (Lipinski definition) is 2. The molecule has 2 unspecified atom stereocenters. The van der Waals surface area contributed by atoms with E-state index in [4.69, 9.17) is 9.47 Å². The minimum Gasteiger partial charge on any atom is -0.487 e. The van der Waals surface area contributed by atoms with Gasteiger partial charge in [-0.2, -0.15) is 0 Å². The second-order valence-corrected chi connectivity index (χ2v) is 8.00. The average molecular weight is 336 g/mol. The zero-order valence-electron chi connectivity index (χ0n) is 14.2. The van der Waals surface area contributed by atoms with Crippen molar-refractivity contribution in [3.8, 4) is 0 Å². The molecular formula is C18H24O6. The fourth-order valence-electron chi connectivity index (χ4n) is 5.45. The Morgan fingerprint density at radius 2 is 1.88 bits per heavy atom. The number of ketones is 1. The van der Waals surface area contributed by atoms with E-state index in [-0.39, 0.29) is 23.0 Å². The number of aliphatic hydroxyl groups excluding tert-OH is 1. The first kappa shape index (κ1) is 16.1. The minimum atomic E-state index is -1.35. The van der Waals surface area contributed by atoms with E-state index in [2.05, 4.69) is 0 Å². The van der Waals surface area contributed by atoms with E-state index in [0.717, 1.165) is 12.8 Å². The predicted molar refractivity (Wildman–Crippen MR) is 82.6 cm³/mol. The molecule has 24 heavy (non-hydrogen) atoms. The molecule has 4 rings (SSSR count). The highest BCUT2D eigenvalue weighted by Gasteiger charge is 2.68. The van der Waals surface area contributed by atoms with Crippen LogP contribution in [0, 0.1) is 17.3 Å². The lowest BCUT2D eigenvalue weighted by atomic mass is 9.48. The summed E-state index contributed by atoms with van der Waals surface area (Å²) in [6.07, 6.45) is 0.333. The van der Waals surface area contributed by atoms with Crippen LogP contribution in [-0.2, 0) is 19.1 Å².